The van der Waals surface area contributed by atoms with Crippen LogP contribution in [0, 0.1) is 0 Å². The molecule has 1 saturated carbocycles. The molecule has 1 aromatic carbocycles. The highest BCUT2D eigenvalue weighted by atomic mass is 16.5. The van der Waals surface area contributed by atoms with Crippen molar-refractivity contribution in [2.24, 2.45) is 0 Å². The molecule has 96 valence electrons. The van der Waals surface area contributed by atoms with Crippen LogP contribution in [0.15, 0.2) is 30.3 Å². The molecule has 0 saturated heterocycles. The predicted molar refractivity (Wildman–Crippen MR) is 68.2 cm³/mol. The largest absolute Gasteiger partial charge is 0.456 e. The molecule has 0 aromatic heterocycles. The van der Waals surface area contributed by atoms with Crippen LogP contribution in [-0.2, 0) is 14.3 Å². The van der Waals surface area contributed by atoms with Gasteiger partial charge in [0.25, 0.3) is 0 Å². The van der Waals surface area contributed by atoms with Crippen molar-refractivity contribution in [3.63, 3.8) is 0 Å². The quantitative estimate of drug-likeness (QED) is 0.608. The van der Waals surface area contributed by atoms with Gasteiger partial charge in [0.15, 0.2) is 0 Å². The topological polar surface area (TPSA) is 43.4 Å². The molecule has 0 spiro atoms. The predicted octanol–water partition coefficient (Wildman–Crippen LogP) is 2.85. The number of hydrogen-bond acceptors (Lipinski definition) is 3. The SMILES string of the molecule is CC(=O)C(=O)O[C@@H]1CCCC[C@H]1c1ccccc1. The van der Waals surface area contributed by atoms with Crippen LogP contribution < -0.4 is 0 Å². The van der Waals surface area contributed by atoms with Gasteiger partial charge in [-0.1, -0.05) is 36.8 Å². The van der Waals surface area contributed by atoms with E-state index in [-0.39, 0.29) is 12.0 Å². The highest BCUT2D eigenvalue weighted by molar-refractivity contribution is 6.32. The van der Waals surface area contributed by atoms with E-state index in [1.165, 1.54) is 12.5 Å². The zero-order valence-electron chi connectivity index (χ0n) is 10.6. The second kappa shape index (κ2) is 5.80. The Balaban J connectivity index is 2.11. The average Bonchev–Trinajstić information content (AvgIpc) is 2.40. The van der Waals surface area contributed by atoms with Gasteiger partial charge in [-0.05, 0) is 24.8 Å². The van der Waals surface area contributed by atoms with E-state index in [1.54, 1.807) is 0 Å². The molecule has 2 atom stereocenters. The summed E-state index contributed by atoms with van der Waals surface area (Å²) < 4.78 is 5.33. The van der Waals surface area contributed by atoms with Crippen LogP contribution in [0.25, 0.3) is 0 Å². The van der Waals surface area contributed by atoms with Crippen molar-refractivity contribution >= 4 is 11.8 Å². The molecule has 2 rings (SSSR count). The van der Waals surface area contributed by atoms with Crippen LogP contribution in [0.3, 0.4) is 0 Å². The minimum atomic E-state index is -0.706. The molecule has 0 unspecified atom stereocenters. The molecule has 0 radical (unpaired) electrons. The lowest BCUT2D eigenvalue weighted by molar-refractivity contribution is -0.159. The van der Waals surface area contributed by atoms with E-state index in [0.29, 0.717) is 0 Å². The first-order chi connectivity index (χ1) is 8.68. The van der Waals surface area contributed by atoms with Gasteiger partial charge in [-0.25, -0.2) is 4.79 Å². The van der Waals surface area contributed by atoms with Crippen molar-refractivity contribution in [3.8, 4) is 0 Å². The van der Waals surface area contributed by atoms with E-state index in [4.69, 9.17) is 4.74 Å². The van der Waals surface area contributed by atoms with Crippen molar-refractivity contribution < 1.29 is 14.3 Å². The van der Waals surface area contributed by atoms with Gasteiger partial charge in [0.05, 0.1) is 0 Å². The molecule has 18 heavy (non-hydrogen) atoms. The van der Waals surface area contributed by atoms with Gasteiger partial charge in [-0.2, -0.15) is 0 Å². The fourth-order valence-corrected chi connectivity index (χ4v) is 2.54. The molecule has 1 fully saturated rings. The number of carbonyl (C=O) groups is 2. The first-order valence-corrected chi connectivity index (χ1v) is 6.45. The smallest absolute Gasteiger partial charge is 0.374 e. The first kappa shape index (κ1) is 12.8. The monoisotopic (exact) mass is 246 g/mol. The molecule has 0 N–H and O–H groups in total. The standard InChI is InChI=1S/C15H18O3/c1-11(16)15(17)18-14-10-6-5-9-13(14)12-7-3-2-4-8-12/h2-4,7-8,13-14H,5-6,9-10H2,1H3/t13-,14+/m0/s1. The summed E-state index contributed by atoms with van der Waals surface area (Å²) in [6.07, 6.45) is 3.91. The highest BCUT2D eigenvalue weighted by Crippen LogP contribution is 2.34. The summed E-state index contributed by atoms with van der Waals surface area (Å²) in [4.78, 5) is 22.4. The number of esters is 1. The summed E-state index contributed by atoms with van der Waals surface area (Å²) in [5.41, 5.74) is 1.19. The van der Waals surface area contributed by atoms with Crippen molar-refractivity contribution in [2.45, 2.75) is 44.6 Å². The summed E-state index contributed by atoms with van der Waals surface area (Å²) >= 11 is 0. The number of hydrogen-bond donors (Lipinski definition) is 0. The van der Waals surface area contributed by atoms with Crippen LogP contribution in [-0.4, -0.2) is 17.9 Å². The zero-order valence-corrected chi connectivity index (χ0v) is 10.6. The summed E-state index contributed by atoms with van der Waals surface area (Å²) in [7, 11) is 0. The summed E-state index contributed by atoms with van der Waals surface area (Å²) in [5, 5.41) is 0. The second-order valence-corrected chi connectivity index (χ2v) is 4.80. The maximum atomic E-state index is 11.4. The fraction of sp³-hybridized carbons (Fsp3) is 0.467. The number of Topliss-reactive ketones (excluding diaryl/α,β-unsaturated/α-hetero) is 1. The highest BCUT2D eigenvalue weighted by Gasteiger charge is 2.30. The molecule has 3 nitrogen and oxygen atoms in total. The molecule has 1 aromatic rings. The number of carbonyl (C=O) groups excluding carboxylic acids is 2. The van der Waals surface area contributed by atoms with Crippen molar-refractivity contribution in [3.05, 3.63) is 35.9 Å². The van der Waals surface area contributed by atoms with Gasteiger partial charge in [0.2, 0.25) is 5.78 Å². The maximum Gasteiger partial charge on any atom is 0.374 e. The maximum absolute atomic E-state index is 11.4. The van der Waals surface area contributed by atoms with Crippen molar-refractivity contribution in [1.29, 1.82) is 0 Å². The third-order valence-corrected chi connectivity index (χ3v) is 3.48. The minimum Gasteiger partial charge on any atom is -0.456 e. The summed E-state index contributed by atoms with van der Waals surface area (Å²) in [5.74, 6) is -1.00. The number of ether oxygens (including phenoxy) is 1. The van der Waals surface area contributed by atoms with Crippen LogP contribution in [0.5, 0.6) is 0 Å². The number of rotatable bonds is 3. The van der Waals surface area contributed by atoms with Crippen molar-refractivity contribution in [2.75, 3.05) is 0 Å². The number of benzene rings is 1. The van der Waals surface area contributed by atoms with E-state index in [0.717, 1.165) is 25.7 Å². The molecular weight excluding hydrogens is 228 g/mol. The Bertz CT molecular complexity index is 425. The van der Waals surface area contributed by atoms with E-state index < -0.39 is 11.8 Å². The molecular formula is C15H18O3. The molecule has 1 aliphatic carbocycles. The van der Waals surface area contributed by atoms with E-state index in [2.05, 4.69) is 12.1 Å². The molecule has 0 amide bonds. The molecule has 0 heterocycles. The van der Waals surface area contributed by atoms with Gasteiger partial charge in [0, 0.05) is 12.8 Å². The zero-order chi connectivity index (χ0) is 13.0. The Kier molecular flexibility index (Phi) is 4.13. The first-order valence-electron chi connectivity index (χ1n) is 6.45. The van der Waals surface area contributed by atoms with Gasteiger partial charge in [-0.15, -0.1) is 0 Å². The Hall–Kier alpha value is -1.64. The Labute approximate surface area is 107 Å². The third-order valence-electron chi connectivity index (χ3n) is 3.48. The molecule has 1 aliphatic rings. The summed E-state index contributed by atoms with van der Waals surface area (Å²) in [6.45, 7) is 1.25. The second-order valence-electron chi connectivity index (χ2n) is 4.80. The van der Waals surface area contributed by atoms with Gasteiger partial charge in [-0.3, -0.25) is 4.79 Å². The van der Waals surface area contributed by atoms with Gasteiger partial charge < -0.3 is 4.74 Å². The number of ketones is 1. The Morgan fingerprint density at radius 3 is 2.44 bits per heavy atom. The molecule has 0 aliphatic heterocycles. The normalized spacial score (nSPS) is 23.4. The lowest BCUT2D eigenvalue weighted by atomic mass is 9.81. The Morgan fingerprint density at radius 2 is 1.78 bits per heavy atom. The average molecular weight is 246 g/mol. The molecule has 0 bridgehead atoms. The van der Waals surface area contributed by atoms with Crippen LogP contribution in [0.4, 0.5) is 0 Å². The van der Waals surface area contributed by atoms with Crippen LogP contribution in [0.1, 0.15) is 44.1 Å². The van der Waals surface area contributed by atoms with Crippen LogP contribution in [0.2, 0.25) is 0 Å². The van der Waals surface area contributed by atoms with Crippen LogP contribution >= 0.6 is 0 Å². The third kappa shape index (κ3) is 2.97. The van der Waals surface area contributed by atoms with Crippen molar-refractivity contribution in [1.82, 2.24) is 0 Å². The van der Waals surface area contributed by atoms with Gasteiger partial charge >= 0.3 is 5.97 Å². The summed E-state index contributed by atoms with van der Waals surface area (Å²) in [6, 6.07) is 10.1. The molecule has 3 heteroatoms. The fourth-order valence-electron chi connectivity index (χ4n) is 2.54. The van der Waals surface area contributed by atoms with E-state index >= 15 is 0 Å². The lowest BCUT2D eigenvalue weighted by Crippen LogP contribution is -2.30. The lowest BCUT2D eigenvalue weighted by Gasteiger charge is -2.31. The van der Waals surface area contributed by atoms with E-state index in [1.807, 2.05) is 18.2 Å². The van der Waals surface area contributed by atoms with Gasteiger partial charge in [0.1, 0.15) is 6.10 Å². The minimum absolute atomic E-state index is 0.155. The Morgan fingerprint density at radius 1 is 1.11 bits per heavy atom. The van der Waals surface area contributed by atoms with E-state index in [9.17, 15) is 9.59 Å².